The van der Waals surface area contributed by atoms with E-state index in [-0.39, 0.29) is 5.91 Å². The average Bonchev–Trinajstić information content (AvgIpc) is 2.68. The molecule has 1 aromatic carbocycles. The average molecular weight is 346 g/mol. The first kappa shape index (κ1) is 16.6. The number of carbonyl (C=O) groups is 1. The molecule has 0 N–H and O–H groups in total. The fourth-order valence-electron chi connectivity index (χ4n) is 3.66. The summed E-state index contributed by atoms with van der Waals surface area (Å²) in [6.45, 7) is 3.40. The van der Waals surface area contributed by atoms with Gasteiger partial charge in [-0.2, -0.15) is 0 Å². The second-order valence-electron chi connectivity index (χ2n) is 7.02. The number of nitrogens with zero attached hydrogens (tertiary/aromatic N) is 4. The van der Waals surface area contributed by atoms with Gasteiger partial charge < -0.3 is 4.90 Å². The molecule has 5 nitrogen and oxygen atoms in total. The molecule has 132 valence electrons. The molecule has 0 bridgehead atoms. The van der Waals surface area contributed by atoms with Gasteiger partial charge in [-0.1, -0.05) is 18.2 Å². The molecule has 1 atom stereocenters. The second kappa shape index (κ2) is 7.20. The van der Waals surface area contributed by atoms with Gasteiger partial charge in [-0.25, -0.2) is 9.97 Å². The molecule has 0 unspecified atom stereocenters. The Bertz CT molecular complexity index is 923. The van der Waals surface area contributed by atoms with Crippen molar-refractivity contribution in [2.75, 3.05) is 13.1 Å². The molecular weight excluding hydrogens is 324 g/mol. The number of aryl methyl sites for hydroxylation is 1. The molecule has 0 saturated carbocycles. The zero-order valence-electron chi connectivity index (χ0n) is 14.9. The molecule has 1 amide bonds. The molecule has 2 aromatic heterocycles. The molecule has 1 aliphatic heterocycles. The number of likely N-dealkylation sites (tertiary alicyclic amines) is 1. The number of rotatable bonds is 3. The lowest BCUT2D eigenvalue weighted by molar-refractivity contribution is 0.0672. The Kier molecular flexibility index (Phi) is 4.61. The summed E-state index contributed by atoms with van der Waals surface area (Å²) in [6.07, 6.45) is 8.34. The van der Waals surface area contributed by atoms with E-state index in [1.165, 1.54) is 10.9 Å². The largest absolute Gasteiger partial charge is 0.338 e. The van der Waals surface area contributed by atoms with Crippen LogP contribution in [0.5, 0.6) is 0 Å². The summed E-state index contributed by atoms with van der Waals surface area (Å²) in [7, 11) is 0. The summed E-state index contributed by atoms with van der Waals surface area (Å²) in [5, 5.41) is 1.17. The number of aromatic nitrogens is 3. The normalized spacial score (nSPS) is 17.4. The van der Waals surface area contributed by atoms with Crippen LogP contribution in [0.3, 0.4) is 0 Å². The van der Waals surface area contributed by atoms with E-state index in [2.05, 4.69) is 27.1 Å². The van der Waals surface area contributed by atoms with Crippen LogP contribution in [0.25, 0.3) is 10.9 Å². The van der Waals surface area contributed by atoms with Gasteiger partial charge in [0.1, 0.15) is 5.82 Å². The van der Waals surface area contributed by atoms with Gasteiger partial charge in [0.25, 0.3) is 5.91 Å². The standard InChI is InChI=1S/C21H22N4O/c1-15-22-12-19(13-23-15)21(26)25-8-4-5-16(14-25)9-17-10-18-6-2-3-7-20(18)24-11-17/h2-3,6-7,10-13,16H,4-5,8-9,14H2,1H3/t16-/m0/s1. The maximum absolute atomic E-state index is 12.7. The molecule has 0 aliphatic carbocycles. The van der Waals surface area contributed by atoms with Crippen LogP contribution in [0.15, 0.2) is 48.9 Å². The summed E-state index contributed by atoms with van der Waals surface area (Å²) < 4.78 is 0. The number of para-hydroxylation sites is 1. The number of fused-ring (bicyclic) bond motifs is 1. The second-order valence-corrected chi connectivity index (χ2v) is 7.02. The van der Waals surface area contributed by atoms with E-state index in [1.807, 2.05) is 36.2 Å². The van der Waals surface area contributed by atoms with Gasteiger partial charge in [0.2, 0.25) is 0 Å². The summed E-state index contributed by atoms with van der Waals surface area (Å²) in [5.41, 5.74) is 2.83. The predicted octanol–water partition coefficient (Wildman–Crippen LogP) is 3.43. The zero-order valence-corrected chi connectivity index (χ0v) is 14.9. The van der Waals surface area contributed by atoms with Crippen molar-refractivity contribution in [1.29, 1.82) is 0 Å². The highest BCUT2D eigenvalue weighted by Gasteiger charge is 2.25. The first-order chi connectivity index (χ1) is 12.7. The van der Waals surface area contributed by atoms with E-state index in [4.69, 9.17) is 0 Å². The lowest BCUT2D eigenvalue weighted by atomic mass is 9.91. The molecule has 5 heteroatoms. The van der Waals surface area contributed by atoms with Crippen LogP contribution in [0.1, 0.15) is 34.6 Å². The molecule has 1 aliphatic rings. The van der Waals surface area contributed by atoms with Gasteiger partial charge in [-0.05, 0) is 49.8 Å². The van der Waals surface area contributed by atoms with E-state index in [0.29, 0.717) is 17.3 Å². The third kappa shape index (κ3) is 3.57. The molecule has 0 radical (unpaired) electrons. The van der Waals surface area contributed by atoms with Crippen LogP contribution in [0, 0.1) is 12.8 Å². The Labute approximate surface area is 153 Å². The monoisotopic (exact) mass is 346 g/mol. The Morgan fingerprint density at radius 1 is 1.15 bits per heavy atom. The molecule has 1 fully saturated rings. The zero-order chi connectivity index (χ0) is 17.9. The quantitative estimate of drug-likeness (QED) is 0.729. The Balaban J connectivity index is 1.45. The van der Waals surface area contributed by atoms with Crippen LogP contribution in [-0.2, 0) is 6.42 Å². The minimum Gasteiger partial charge on any atom is -0.338 e. The van der Waals surface area contributed by atoms with Crippen LogP contribution in [0.4, 0.5) is 0 Å². The number of hydrogen-bond acceptors (Lipinski definition) is 4. The van der Waals surface area contributed by atoms with Crippen molar-refractivity contribution in [2.24, 2.45) is 5.92 Å². The maximum atomic E-state index is 12.7. The van der Waals surface area contributed by atoms with Crippen molar-refractivity contribution in [3.8, 4) is 0 Å². The van der Waals surface area contributed by atoms with Crippen molar-refractivity contribution in [3.63, 3.8) is 0 Å². The molecule has 1 saturated heterocycles. The number of hydrogen-bond donors (Lipinski definition) is 0. The Morgan fingerprint density at radius 3 is 2.81 bits per heavy atom. The molecule has 3 aromatic rings. The van der Waals surface area contributed by atoms with Crippen LogP contribution >= 0.6 is 0 Å². The SMILES string of the molecule is Cc1ncc(C(=O)N2CCC[C@@H](Cc3cnc4ccccc4c3)C2)cn1. The van der Waals surface area contributed by atoms with Gasteiger partial charge in [0.15, 0.2) is 0 Å². The fourth-order valence-corrected chi connectivity index (χ4v) is 3.66. The lowest BCUT2D eigenvalue weighted by Gasteiger charge is -2.32. The summed E-state index contributed by atoms with van der Waals surface area (Å²) in [6, 6.07) is 10.4. The van der Waals surface area contributed by atoms with Crippen LogP contribution in [-0.4, -0.2) is 38.8 Å². The van der Waals surface area contributed by atoms with Crippen molar-refractivity contribution in [2.45, 2.75) is 26.2 Å². The minimum atomic E-state index is 0.0336. The van der Waals surface area contributed by atoms with Gasteiger partial charge >= 0.3 is 0 Å². The van der Waals surface area contributed by atoms with E-state index in [9.17, 15) is 4.79 Å². The van der Waals surface area contributed by atoms with Gasteiger partial charge in [0.05, 0.1) is 11.1 Å². The highest BCUT2D eigenvalue weighted by molar-refractivity contribution is 5.93. The lowest BCUT2D eigenvalue weighted by Crippen LogP contribution is -2.40. The van der Waals surface area contributed by atoms with E-state index >= 15 is 0 Å². The van der Waals surface area contributed by atoms with Crippen molar-refractivity contribution < 1.29 is 4.79 Å². The highest BCUT2D eigenvalue weighted by Crippen LogP contribution is 2.23. The number of pyridine rings is 1. The summed E-state index contributed by atoms with van der Waals surface area (Å²) in [4.78, 5) is 27.5. The molecule has 26 heavy (non-hydrogen) atoms. The third-order valence-electron chi connectivity index (χ3n) is 5.01. The van der Waals surface area contributed by atoms with E-state index in [0.717, 1.165) is 37.9 Å². The first-order valence-electron chi connectivity index (χ1n) is 9.10. The third-order valence-corrected chi connectivity index (χ3v) is 5.01. The summed E-state index contributed by atoms with van der Waals surface area (Å²) in [5.74, 6) is 1.18. The topological polar surface area (TPSA) is 59.0 Å². The fraction of sp³-hybridized carbons (Fsp3) is 0.333. The highest BCUT2D eigenvalue weighted by atomic mass is 16.2. The van der Waals surface area contributed by atoms with Crippen LogP contribution < -0.4 is 0 Å². The first-order valence-corrected chi connectivity index (χ1v) is 9.10. The van der Waals surface area contributed by atoms with Crippen molar-refractivity contribution >= 4 is 16.8 Å². The smallest absolute Gasteiger partial charge is 0.256 e. The van der Waals surface area contributed by atoms with E-state index < -0.39 is 0 Å². The van der Waals surface area contributed by atoms with Gasteiger partial charge in [-0.15, -0.1) is 0 Å². The Morgan fingerprint density at radius 2 is 1.96 bits per heavy atom. The molecular formula is C21H22N4O. The number of amides is 1. The number of piperidine rings is 1. The van der Waals surface area contributed by atoms with Crippen molar-refractivity contribution in [1.82, 2.24) is 19.9 Å². The van der Waals surface area contributed by atoms with Gasteiger partial charge in [-0.3, -0.25) is 9.78 Å². The minimum absolute atomic E-state index is 0.0336. The molecule has 4 rings (SSSR count). The van der Waals surface area contributed by atoms with E-state index in [1.54, 1.807) is 12.4 Å². The number of carbonyl (C=O) groups excluding carboxylic acids is 1. The Hall–Kier alpha value is -2.82. The van der Waals surface area contributed by atoms with Gasteiger partial charge in [0, 0.05) is 37.1 Å². The number of benzene rings is 1. The predicted molar refractivity (Wildman–Crippen MR) is 101 cm³/mol. The van der Waals surface area contributed by atoms with Crippen molar-refractivity contribution in [3.05, 3.63) is 65.9 Å². The van der Waals surface area contributed by atoms with Crippen LogP contribution in [0.2, 0.25) is 0 Å². The molecule has 0 spiro atoms. The maximum Gasteiger partial charge on any atom is 0.256 e. The molecule has 3 heterocycles. The summed E-state index contributed by atoms with van der Waals surface area (Å²) >= 11 is 0.